The van der Waals surface area contributed by atoms with Gasteiger partial charge in [0.15, 0.2) is 0 Å². The van der Waals surface area contributed by atoms with Crippen molar-refractivity contribution >= 4 is 0 Å². The Labute approximate surface area is 64.8 Å². The minimum atomic E-state index is -3.12. The molecule has 1 aromatic heterocycles. The molecule has 0 fully saturated rings. The van der Waals surface area contributed by atoms with Gasteiger partial charge in [0, 0.05) is 12.5 Å². The molecule has 0 saturated heterocycles. The summed E-state index contributed by atoms with van der Waals surface area (Å²) in [5.74, 6) is -1.37. The highest BCUT2D eigenvalue weighted by Crippen LogP contribution is 1.97. The molecule has 1 heterocycles. The van der Waals surface area contributed by atoms with Gasteiger partial charge in [0.25, 0.3) is 0 Å². The van der Waals surface area contributed by atoms with Crippen molar-refractivity contribution in [1.29, 1.82) is 0 Å². The van der Waals surface area contributed by atoms with E-state index in [0.29, 0.717) is 0 Å². The topological polar surface area (TPSA) is 12.9 Å². The molecule has 1 nitrogen and oxygen atoms in total. The molecule has 9 heavy (non-hydrogen) atoms. The zero-order valence-corrected chi connectivity index (χ0v) is 4.33. The lowest BCUT2D eigenvalue weighted by atomic mass is 10.3. The van der Waals surface area contributed by atoms with Gasteiger partial charge >= 0.3 is 0 Å². The first-order chi connectivity index (χ1) is 7.50. The normalized spacial score (nSPS) is 25.4. The largest absolute Gasteiger partial charge is 0.258 e. The molecule has 0 aliphatic carbocycles. The maximum atomic E-state index is 13.0. The highest BCUT2D eigenvalue weighted by atomic mass is 19.1. The van der Waals surface area contributed by atoms with Crippen LogP contribution in [0, 0.1) is 5.82 Å². The number of nitrogens with zero attached hydrogens (tertiary/aromatic N) is 1. The fourth-order valence-corrected chi connectivity index (χ4v) is 0.334. The Morgan fingerprint density at radius 1 is 2.00 bits per heavy atom. The molecule has 48 valence electrons. The molecule has 2 heteroatoms. The Balaban J connectivity index is 3.54. The molecule has 0 aliphatic heterocycles. The molecule has 0 bridgehead atoms. The molecule has 0 amide bonds. The van der Waals surface area contributed by atoms with Crippen LogP contribution in [-0.2, 0) is 6.37 Å². The molecule has 0 saturated carbocycles. The van der Waals surface area contributed by atoms with E-state index in [-0.39, 0.29) is 0 Å². The standard InChI is InChI=1S/C7H8FN/c1-2-7-4-3-6(8)5-9-7/h3-5H,2H2,1H3/i1D3,2D2,3D,4D,5D. The summed E-state index contributed by atoms with van der Waals surface area (Å²) in [6, 6.07) is -1.99. The van der Waals surface area contributed by atoms with Crippen LogP contribution in [-0.4, -0.2) is 4.98 Å². The number of halogens is 1. The minimum absolute atomic E-state index is 0.922. The summed E-state index contributed by atoms with van der Waals surface area (Å²) >= 11 is 0. The quantitative estimate of drug-likeness (QED) is 0.569. The van der Waals surface area contributed by atoms with Crippen LogP contribution in [0.5, 0.6) is 0 Å². The average molecular weight is 133 g/mol. The summed E-state index contributed by atoms with van der Waals surface area (Å²) in [4.78, 5) is 3.12. The van der Waals surface area contributed by atoms with Crippen LogP contribution >= 0.6 is 0 Å². The third-order valence-corrected chi connectivity index (χ3v) is 0.675. The lowest BCUT2D eigenvalue weighted by molar-refractivity contribution is 0.619. The van der Waals surface area contributed by atoms with E-state index in [4.69, 9.17) is 11.0 Å². The predicted octanol–water partition coefficient (Wildman–Crippen LogP) is 1.78. The molecular weight excluding hydrogens is 117 g/mol. The fraction of sp³-hybridized carbons (Fsp3) is 0.286. The molecule has 1 aromatic rings. The van der Waals surface area contributed by atoms with Gasteiger partial charge in [0.1, 0.15) is 5.82 Å². The van der Waals surface area contributed by atoms with Crippen molar-refractivity contribution < 1.29 is 15.4 Å². The van der Waals surface area contributed by atoms with Gasteiger partial charge in [-0.3, -0.25) is 4.98 Å². The van der Waals surface area contributed by atoms with Crippen molar-refractivity contribution in [3.05, 3.63) is 29.8 Å². The maximum Gasteiger partial charge on any atom is 0.141 e. The van der Waals surface area contributed by atoms with Crippen molar-refractivity contribution in [3.8, 4) is 0 Å². The number of hydrogen-bond donors (Lipinski definition) is 0. The van der Waals surface area contributed by atoms with E-state index in [1.54, 1.807) is 0 Å². The van der Waals surface area contributed by atoms with E-state index in [9.17, 15) is 4.39 Å². The Morgan fingerprint density at radius 2 is 2.89 bits per heavy atom. The maximum absolute atomic E-state index is 13.0. The van der Waals surface area contributed by atoms with Crippen molar-refractivity contribution in [3.63, 3.8) is 0 Å². The number of rotatable bonds is 1. The van der Waals surface area contributed by atoms with Crippen molar-refractivity contribution in [2.45, 2.75) is 13.2 Å². The SMILES string of the molecule is [2H]c1nc(C([2H])([2H])C([2H])([2H])[2H])c([2H])c([2H])c1F. The molecule has 0 aromatic carbocycles. The van der Waals surface area contributed by atoms with Gasteiger partial charge in [0.2, 0.25) is 0 Å². The first kappa shape index (κ1) is 1.57. The Bertz CT molecular complexity index is 454. The van der Waals surface area contributed by atoms with Crippen LogP contribution in [0.4, 0.5) is 4.39 Å². The van der Waals surface area contributed by atoms with E-state index < -0.39 is 43.0 Å². The summed E-state index contributed by atoms with van der Waals surface area (Å²) in [5.41, 5.74) is -0.922. The second-order valence-corrected chi connectivity index (χ2v) is 1.26. The Kier molecular flexibility index (Phi) is 0.448. The number of aromatic nitrogens is 1. The van der Waals surface area contributed by atoms with Gasteiger partial charge in [0.05, 0.1) is 10.3 Å². The van der Waals surface area contributed by atoms with Crippen LogP contribution in [0.2, 0.25) is 0 Å². The van der Waals surface area contributed by atoms with Crippen LogP contribution in [0.1, 0.15) is 23.5 Å². The van der Waals surface area contributed by atoms with Gasteiger partial charge in [-0.05, 0) is 18.5 Å². The summed E-state index contributed by atoms with van der Waals surface area (Å²) < 4.78 is 70.2. The van der Waals surface area contributed by atoms with Gasteiger partial charge < -0.3 is 0 Å². The van der Waals surface area contributed by atoms with Gasteiger partial charge in [-0.2, -0.15) is 0 Å². The second-order valence-electron chi connectivity index (χ2n) is 1.26. The molecule has 0 aliphatic rings. The third kappa shape index (κ3) is 1.49. The number of aryl methyl sites for hydroxylation is 1. The van der Waals surface area contributed by atoms with E-state index in [1.165, 1.54) is 0 Å². The van der Waals surface area contributed by atoms with E-state index in [0.717, 1.165) is 0 Å². The summed E-state index contributed by atoms with van der Waals surface area (Å²) in [5, 5.41) is 0. The first-order valence-corrected chi connectivity index (χ1v) is 2.14. The molecule has 0 N–H and O–H groups in total. The molecular formula is C7H8FN. The average Bonchev–Trinajstić information content (AvgIpc) is 2.18. The highest BCUT2D eigenvalue weighted by molar-refractivity contribution is 5.04. The summed E-state index contributed by atoms with van der Waals surface area (Å²) in [6.45, 7) is -3.12. The molecule has 0 atom stereocenters. The predicted molar refractivity (Wildman–Crippen MR) is 33.6 cm³/mol. The van der Waals surface area contributed by atoms with Crippen molar-refractivity contribution in [1.82, 2.24) is 4.98 Å². The zero-order valence-electron chi connectivity index (χ0n) is 12.3. The summed E-state index contributed by atoms with van der Waals surface area (Å²) in [6.07, 6.45) is -4.06. The van der Waals surface area contributed by atoms with Crippen LogP contribution in [0.15, 0.2) is 18.3 Å². The lowest BCUT2D eigenvalue weighted by Gasteiger charge is -1.91. The van der Waals surface area contributed by atoms with Crippen molar-refractivity contribution in [2.75, 3.05) is 0 Å². The van der Waals surface area contributed by atoms with Crippen LogP contribution in [0.3, 0.4) is 0 Å². The van der Waals surface area contributed by atoms with E-state index in [1.807, 2.05) is 0 Å². The van der Waals surface area contributed by atoms with E-state index >= 15 is 0 Å². The van der Waals surface area contributed by atoms with Crippen LogP contribution in [0.25, 0.3) is 0 Å². The third-order valence-electron chi connectivity index (χ3n) is 0.675. The molecule has 0 radical (unpaired) electrons. The van der Waals surface area contributed by atoms with Crippen LogP contribution < -0.4 is 0 Å². The summed E-state index contributed by atoms with van der Waals surface area (Å²) in [7, 11) is 0. The molecule has 1 rings (SSSR count). The second kappa shape index (κ2) is 2.58. The Hall–Kier alpha value is -0.920. The molecule has 0 unspecified atom stereocenters. The van der Waals surface area contributed by atoms with Gasteiger partial charge in [-0.15, -0.1) is 0 Å². The van der Waals surface area contributed by atoms with Gasteiger partial charge in [-0.25, -0.2) is 4.39 Å². The lowest BCUT2D eigenvalue weighted by Crippen LogP contribution is -1.85. The number of pyridine rings is 1. The zero-order chi connectivity index (χ0) is 13.6. The fourth-order valence-electron chi connectivity index (χ4n) is 0.334. The Morgan fingerprint density at radius 3 is 3.67 bits per heavy atom. The minimum Gasteiger partial charge on any atom is -0.258 e. The van der Waals surface area contributed by atoms with E-state index in [2.05, 4.69) is 4.98 Å². The highest BCUT2D eigenvalue weighted by Gasteiger charge is 1.89. The van der Waals surface area contributed by atoms with Gasteiger partial charge in [-0.1, -0.05) is 6.85 Å². The monoisotopic (exact) mass is 133 g/mol. The molecule has 0 spiro atoms. The first-order valence-electron chi connectivity index (χ1n) is 6.14. The smallest absolute Gasteiger partial charge is 0.141 e. The number of hydrogen-bond acceptors (Lipinski definition) is 1. The van der Waals surface area contributed by atoms with Crippen molar-refractivity contribution in [2.24, 2.45) is 0 Å².